The van der Waals surface area contributed by atoms with Crippen molar-refractivity contribution in [3.05, 3.63) is 52.6 Å². The van der Waals surface area contributed by atoms with Gasteiger partial charge in [0.05, 0.1) is 27.9 Å². The minimum Gasteiger partial charge on any atom is -0.478 e. The Morgan fingerprint density at radius 2 is 2.04 bits per heavy atom. The summed E-state index contributed by atoms with van der Waals surface area (Å²) in [6.45, 7) is 3.86. The van der Waals surface area contributed by atoms with Crippen LogP contribution in [-0.2, 0) is 0 Å². The van der Waals surface area contributed by atoms with E-state index in [0.29, 0.717) is 22.4 Å². The molecule has 2 N–H and O–H groups in total. The van der Waals surface area contributed by atoms with Crippen LogP contribution < -0.4 is 5.32 Å². The molecule has 2 aromatic heterocycles. The van der Waals surface area contributed by atoms with Gasteiger partial charge in [0.25, 0.3) is 11.6 Å². The van der Waals surface area contributed by atoms with Crippen molar-refractivity contribution in [2.45, 2.75) is 38.5 Å². The van der Waals surface area contributed by atoms with Crippen molar-refractivity contribution in [2.75, 3.05) is 5.32 Å². The number of aromatic carboxylic acids is 1. The SMILES string of the molecule is CC(C)c1noc2nc(C3CC3)cc(C(=O)Nc3ccc(C(=O)O)cc3F)c12. The predicted molar refractivity (Wildman–Crippen MR) is 99.2 cm³/mol. The van der Waals surface area contributed by atoms with Crippen molar-refractivity contribution < 1.29 is 23.6 Å². The van der Waals surface area contributed by atoms with Crippen LogP contribution in [0.25, 0.3) is 11.1 Å². The number of carboxylic acid groups (broad SMARTS) is 1. The maximum Gasteiger partial charge on any atom is 0.335 e. The molecule has 2 heterocycles. The summed E-state index contributed by atoms with van der Waals surface area (Å²) in [7, 11) is 0. The summed E-state index contributed by atoms with van der Waals surface area (Å²) in [6.07, 6.45) is 1.99. The lowest BCUT2D eigenvalue weighted by Crippen LogP contribution is -2.15. The van der Waals surface area contributed by atoms with Gasteiger partial charge in [-0.25, -0.2) is 14.2 Å². The highest BCUT2D eigenvalue weighted by Crippen LogP contribution is 2.41. The fourth-order valence-corrected chi connectivity index (χ4v) is 3.09. The van der Waals surface area contributed by atoms with Crippen LogP contribution in [0.3, 0.4) is 0 Å². The number of rotatable bonds is 5. The topological polar surface area (TPSA) is 105 Å². The Labute approximate surface area is 159 Å². The lowest BCUT2D eigenvalue weighted by Gasteiger charge is -2.10. The number of aromatic nitrogens is 2. The van der Waals surface area contributed by atoms with Gasteiger partial charge in [0.2, 0.25) is 0 Å². The second kappa shape index (κ2) is 6.70. The van der Waals surface area contributed by atoms with Gasteiger partial charge in [0, 0.05) is 11.6 Å². The summed E-state index contributed by atoms with van der Waals surface area (Å²) in [5.41, 5.74) is 1.68. The third kappa shape index (κ3) is 3.21. The van der Waals surface area contributed by atoms with Crippen LogP contribution in [0.1, 0.15) is 70.6 Å². The van der Waals surface area contributed by atoms with Crippen LogP contribution >= 0.6 is 0 Å². The minimum atomic E-state index is -1.24. The lowest BCUT2D eigenvalue weighted by atomic mass is 10.0. The van der Waals surface area contributed by atoms with Crippen LogP contribution in [0.4, 0.5) is 10.1 Å². The highest BCUT2D eigenvalue weighted by atomic mass is 19.1. The van der Waals surface area contributed by atoms with Crippen molar-refractivity contribution in [2.24, 2.45) is 0 Å². The number of carbonyl (C=O) groups is 2. The number of hydrogen-bond acceptors (Lipinski definition) is 5. The monoisotopic (exact) mass is 383 g/mol. The third-order valence-electron chi connectivity index (χ3n) is 4.74. The quantitative estimate of drug-likeness (QED) is 0.680. The van der Waals surface area contributed by atoms with E-state index in [1.165, 1.54) is 12.1 Å². The predicted octanol–water partition coefficient (Wildman–Crippen LogP) is 4.31. The van der Waals surface area contributed by atoms with E-state index < -0.39 is 17.7 Å². The Hall–Kier alpha value is -3.29. The molecule has 8 heteroatoms. The Balaban J connectivity index is 1.76. The van der Waals surface area contributed by atoms with Gasteiger partial charge in [0.15, 0.2) is 0 Å². The van der Waals surface area contributed by atoms with Crippen molar-refractivity contribution >= 4 is 28.7 Å². The van der Waals surface area contributed by atoms with Gasteiger partial charge in [-0.15, -0.1) is 0 Å². The first-order valence-electron chi connectivity index (χ1n) is 8.99. The second-order valence-electron chi connectivity index (χ2n) is 7.23. The van der Waals surface area contributed by atoms with Gasteiger partial charge in [-0.2, -0.15) is 0 Å². The lowest BCUT2D eigenvalue weighted by molar-refractivity contribution is 0.0696. The Morgan fingerprint density at radius 3 is 2.64 bits per heavy atom. The van der Waals surface area contributed by atoms with Gasteiger partial charge in [-0.1, -0.05) is 19.0 Å². The number of benzene rings is 1. The number of pyridine rings is 1. The average Bonchev–Trinajstić information content (AvgIpc) is 3.41. The Bertz CT molecular complexity index is 1100. The highest BCUT2D eigenvalue weighted by molar-refractivity contribution is 6.12. The average molecular weight is 383 g/mol. The van der Waals surface area contributed by atoms with E-state index in [4.69, 9.17) is 9.63 Å². The number of halogens is 1. The van der Waals surface area contributed by atoms with Gasteiger partial charge in [0.1, 0.15) is 5.82 Å². The molecule has 3 aromatic rings. The van der Waals surface area contributed by atoms with Crippen molar-refractivity contribution in [3.8, 4) is 0 Å². The molecule has 1 aliphatic carbocycles. The first-order chi connectivity index (χ1) is 13.3. The van der Waals surface area contributed by atoms with Crippen molar-refractivity contribution in [1.82, 2.24) is 10.1 Å². The number of hydrogen-bond donors (Lipinski definition) is 2. The summed E-state index contributed by atoms with van der Waals surface area (Å²) < 4.78 is 19.6. The van der Waals surface area contributed by atoms with E-state index in [1.807, 2.05) is 13.8 Å². The van der Waals surface area contributed by atoms with E-state index in [-0.39, 0.29) is 23.1 Å². The zero-order valence-electron chi connectivity index (χ0n) is 15.3. The molecule has 144 valence electrons. The standard InChI is InChI=1S/C20H18FN3O4/c1-9(2)17-16-12(8-15(10-3-4-10)23-19(16)28-24-17)18(25)22-14-6-5-11(20(26)27)7-13(14)21/h5-10H,3-4H2,1-2H3,(H,22,25)(H,26,27). The summed E-state index contributed by atoms with van der Waals surface area (Å²) in [5, 5.41) is 16.0. The fraction of sp³-hybridized carbons (Fsp3) is 0.300. The fourth-order valence-electron chi connectivity index (χ4n) is 3.09. The number of nitrogens with zero attached hydrogens (tertiary/aromatic N) is 2. The summed E-state index contributed by atoms with van der Waals surface area (Å²) in [6, 6.07) is 5.04. The number of carbonyl (C=O) groups excluding carboxylic acids is 1. The van der Waals surface area contributed by atoms with E-state index in [0.717, 1.165) is 24.6 Å². The summed E-state index contributed by atoms with van der Waals surface area (Å²) in [5.74, 6) is -2.30. The Morgan fingerprint density at radius 1 is 1.29 bits per heavy atom. The molecule has 0 aliphatic heterocycles. The molecular formula is C20H18FN3O4. The zero-order valence-corrected chi connectivity index (χ0v) is 15.3. The van der Waals surface area contributed by atoms with Crippen LogP contribution in [0.15, 0.2) is 28.8 Å². The molecule has 0 spiro atoms. The summed E-state index contributed by atoms with van der Waals surface area (Å²) in [4.78, 5) is 28.4. The molecule has 4 rings (SSSR count). The Kier molecular flexibility index (Phi) is 4.33. The molecule has 0 unspecified atom stereocenters. The van der Waals surface area contributed by atoms with Crippen molar-refractivity contribution in [1.29, 1.82) is 0 Å². The van der Waals surface area contributed by atoms with Crippen LogP contribution in [0.2, 0.25) is 0 Å². The van der Waals surface area contributed by atoms with Crippen LogP contribution in [0.5, 0.6) is 0 Å². The number of carboxylic acids is 1. The molecule has 1 amide bonds. The maximum atomic E-state index is 14.2. The smallest absolute Gasteiger partial charge is 0.335 e. The molecule has 7 nitrogen and oxygen atoms in total. The van der Waals surface area contributed by atoms with E-state index in [1.54, 1.807) is 6.07 Å². The number of amides is 1. The second-order valence-corrected chi connectivity index (χ2v) is 7.23. The molecule has 0 radical (unpaired) electrons. The van der Waals surface area contributed by atoms with Gasteiger partial charge in [-0.3, -0.25) is 4.79 Å². The number of fused-ring (bicyclic) bond motifs is 1. The molecule has 1 aromatic carbocycles. The van der Waals surface area contributed by atoms with Crippen LogP contribution in [0, 0.1) is 5.82 Å². The van der Waals surface area contributed by atoms with E-state index in [9.17, 15) is 14.0 Å². The number of anilines is 1. The van der Waals surface area contributed by atoms with Crippen molar-refractivity contribution in [3.63, 3.8) is 0 Å². The van der Waals surface area contributed by atoms with E-state index in [2.05, 4.69) is 15.5 Å². The molecule has 1 saturated carbocycles. The van der Waals surface area contributed by atoms with Gasteiger partial charge in [-0.05, 0) is 43.0 Å². The third-order valence-corrected chi connectivity index (χ3v) is 4.74. The largest absolute Gasteiger partial charge is 0.478 e. The first kappa shape index (κ1) is 18.1. The molecular weight excluding hydrogens is 365 g/mol. The highest BCUT2D eigenvalue weighted by Gasteiger charge is 2.29. The van der Waals surface area contributed by atoms with E-state index >= 15 is 0 Å². The van der Waals surface area contributed by atoms with Gasteiger partial charge >= 0.3 is 5.97 Å². The molecule has 0 saturated heterocycles. The first-order valence-corrected chi connectivity index (χ1v) is 8.99. The molecule has 28 heavy (non-hydrogen) atoms. The molecule has 1 aliphatic rings. The van der Waals surface area contributed by atoms with Crippen LogP contribution in [-0.4, -0.2) is 27.1 Å². The zero-order chi connectivity index (χ0) is 20.0. The van der Waals surface area contributed by atoms with Gasteiger partial charge < -0.3 is 14.9 Å². The molecule has 1 fully saturated rings. The number of nitrogens with one attached hydrogen (secondary N) is 1. The summed E-state index contributed by atoms with van der Waals surface area (Å²) >= 11 is 0. The minimum absolute atomic E-state index is 0.00737. The normalized spacial score (nSPS) is 13.9. The maximum absolute atomic E-state index is 14.2. The molecule has 0 bridgehead atoms. The molecule has 0 atom stereocenters.